The van der Waals surface area contributed by atoms with Gasteiger partial charge in [0.05, 0.1) is 23.6 Å². The average molecular weight is 175 g/mol. The fraction of sp³-hybridized carbons (Fsp3) is 0.400. The van der Waals surface area contributed by atoms with Gasteiger partial charge in [-0.25, -0.2) is 4.52 Å². The molecule has 2 rings (SSSR count). The topological polar surface area (TPSA) is 30.2 Å². The van der Waals surface area contributed by atoms with Gasteiger partial charge in [-0.15, -0.1) is 0 Å². The third-order valence-electron chi connectivity index (χ3n) is 2.07. The molecule has 0 aliphatic carbocycles. The van der Waals surface area contributed by atoms with Gasteiger partial charge in [0, 0.05) is 11.6 Å². The Morgan fingerprint density at radius 2 is 2.00 bits per heavy atom. The molecule has 0 spiro atoms. The summed E-state index contributed by atoms with van der Waals surface area (Å²) in [5.74, 6) is 0. The Hall–Kier alpha value is -1.38. The number of hydrogen-bond donors (Lipinski definition) is 0. The molecule has 0 unspecified atom stereocenters. The van der Waals surface area contributed by atoms with E-state index in [0.29, 0.717) is 0 Å². The second-order valence-electron chi connectivity index (χ2n) is 4.21. The SMILES string of the molecule is CC(C)(C)c1cncc2ccnn12. The predicted molar refractivity (Wildman–Crippen MR) is 51.7 cm³/mol. The van der Waals surface area contributed by atoms with E-state index >= 15 is 0 Å². The van der Waals surface area contributed by atoms with Crippen LogP contribution < -0.4 is 0 Å². The molecule has 0 aromatic carbocycles. The number of hydrogen-bond acceptors (Lipinski definition) is 2. The molecular weight excluding hydrogens is 162 g/mol. The summed E-state index contributed by atoms with van der Waals surface area (Å²) in [6, 6.07) is 1.96. The van der Waals surface area contributed by atoms with Crippen molar-refractivity contribution < 1.29 is 0 Å². The van der Waals surface area contributed by atoms with Crippen LogP contribution in [0.5, 0.6) is 0 Å². The van der Waals surface area contributed by atoms with Crippen LogP contribution in [0.4, 0.5) is 0 Å². The molecule has 3 nitrogen and oxygen atoms in total. The van der Waals surface area contributed by atoms with Crippen LogP contribution in [0.2, 0.25) is 0 Å². The smallest absolute Gasteiger partial charge is 0.0848 e. The maximum atomic E-state index is 4.26. The summed E-state index contributed by atoms with van der Waals surface area (Å²) in [7, 11) is 0. The van der Waals surface area contributed by atoms with Crippen LogP contribution >= 0.6 is 0 Å². The molecule has 0 saturated carbocycles. The zero-order valence-corrected chi connectivity index (χ0v) is 8.15. The van der Waals surface area contributed by atoms with E-state index < -0.39 is 0 Å². The molecular formula is C10H13N3. The van der Waals surface area contributed by atoms with E-state index in [2.05, 4.69) is 30.9 Å². The highest BCUT2D eigenvalue weighted by Crippen LogP contribution is 2.21. The van der Waals surface area contributed by atoms with Crippen molar-refractivity contribution in [3.63, 3.8) is 0 Å². The summed E-state index contributed by atoms with van der Waals surface area (Å²) in [5.41, 5.74) is 2.26. The zero-order chi connectivity index (χ0) is 9.47. The van der Waals surface area contributed by atoms with Crippen molar-refractivity contribution in [3.8, 4) is 0 Å². The molecule has 0 fully saturated rings. The molecule has 0 aliphatic rings. The van der Waals surface area contributed by atoms with E-state index in [1.807, 2.05) is 23.0 Å². The summed E-state index contributed by atoms with van der Waals surface area (Å²) in [6.45, 7) is 6.47. The quantitative estimate of drug-likeness (QED) is 0.613. The van der Waals surface area contributed by atoms with Gasteiger partial charge in [-0.2, -0.15) is 5.10 Å². The number of rotatable bonds is 0. The lowest BCUT2D eigenvalue weighted by Gasteiger charge is -2.18. The van der Waals surface area contributed by atoms with Crippen LogP contribution in [-0.2, 0) is 5.41 Å². The molecule has 2 heterocycles. The first-order chi connectivity index (χ1) is 6.09. The molecule has 3 heteroatoms. The molecule has 0 aliphatic heterocycles. The third kappa shape index (κ3) is 1.30. The Labute approximate surface area is 77.4 Å². The molecule has 0 atom stereocenters. The summed E-state index contributed by atoms with van der Waals surface area (Å²) >= 11 is 0. The maximum absolute atomic E-state index is 4.26. The van der Waals surface area contributed by atoms with E-state index in [-0.39, 0.29) is 5.41 Å². The Morgan fingerprint density at radius 1 is 1.23 bits per heavy atom. The van der Waals surface area contributed by atoms with Crippen LogP contribution in [0.3, 0.4) is 0 Å². The van der Waals surface area contributed by atoms with Gasteiger partial charge in [-0.05, 0) is 6.07 Å². The van der Waals surface area contributed by atoms with Gasteiger partial charge in [0.1, 0.15) is 0 Å². The lowest BCUT2D eigenvalue weighted by atomic mass is 9.92. The second kappa shape index (κ2) is 2.55. The number of aromatic nitrogens is 3. The Balaban J connectivity index is 2.75. The van der Waals surface area contributed by atoms with E-state index in [1.54, 1.807) is 6.20 Å². The van der Waals surface area contributed by atoms with Crippen molar-refractivity contribution >= 4 is 5.52 Å². The van der Waals surface area contributed by atoms with Crippen molar-refractivity contribution in [2.45, 2.75) is 26.2 Å². The normalized spacial score (nSPS) is 12.2. The standard InChI is InChI=1S/C10H13N3/c1-10(2,3)9-7-11-6-8-4-5-12-13(8)9/h4-7H,1-3H3. The summed E-state index contributed by atoms with van der Waals surface area (Å²) < 4.78 is 1.94. The highest BCUT2D eigenvalue weighted by Gasteiger charge is 2.17. The van der Waals surface area contributed by atoms with Gasteiger partial charge in [-0.1, -0.05) is 20.8 Å². The molecule has 0 amide bonds. The summed E-state index contributed by atoms with van der Waals surface area (Å²) in [6.07, 6.45) is 5.49. The average Bonchev–Trinajstić information content (AvgIpc) is 2.48. The Morgan fingerprint density at radius 3 is 2.69 bits per heavy atom. The third-order valence-corrected chi connectivity index (χ3v) is 2.07. The van der Waals surface area contributed by atoms with E-state index in [9.17, 15) is 0 Å². The molecule has 2 aromatic heterocycles. The molecule has 0 saturated heterocycles. The summed E-state index contributed by atoms with van der Waals surface area (Å²) in [4.78, 5) is 4.19. The van der Waals surface area contributed by atoms with E-state index in [0.717, 1.165) is 11.2 Å². The van der Waals surface area contributed by atoms with Crippen molar-refractivity contribution in [1.82, 2.24) is 14.6 Å². The highest BCUT2D eigenvalue weighted by molar-refractivity contribution is 5.44. The monoisotopic (exact) mass is 175 g/mol. The highest BCUT2D eigenvalue weighted by atomic mass is 15.2. The van der Waals surface area contributed by atoms with Crippen molar-refractivity contribution in [3.05, 3.63) is 30.4 Å². The van der Waals surface area contributed by atoms with Gasteiger partial charge in [-0.3, -0.25) is 4.98 Å². The van der Waals surface area contributed by atoms with Crippen molar-refractivity contribution in [2.24, 2.45) is 0 Å². The van der Waals surface area contributed by atoms with E-state index in [1.165, 1.54) is 0 Å². The molecule has 68 valence electrons. The second-order valence-corrected chi connectivity index (χ2v) is 4.21. The molecule has 0 radical (unpaired) electrons. The van der Waals surface area contributed by atoms with Crippen molar-refractivity contribution in [1.29, 1.82) is 0 Å². The first-order valence-corrected chi connectivity index (χ1v) is 4.37. The Kier molecular flexibility index (Phi) is 1.62. The van der Waals surface area contributed by atoms with E-state index in [4.69, 9.17) is 0 Å². The van der Waals surface area contributed by atoms with Gasteiger partial charge in [0.15, 0.2) is 0 Å². The number of nitrogens with zero attached hydrogens (tertiary/aromatic N) is 3. The maximum Gasteiger partial charge on any atom is 0.0848 e. The fourth-order valence-corrected chi connectivity index (χ4v) is 1.36. The minimum atomic E-state index is 0.0819. The van der Waals surface area contributed by atoms with Gasteiger partial charge in [0.25, 0.3) is 0 Å². The predicted octanol–water partition coefficient (Wildman–Crippen LogP) is 2.03. The van der Waals surface area contributed by atoms with Gasteiger partial charge < -0.3 is 0 Å². The lowest BCUT2D eigenvalue weighted by molar-refractivity contribution is 0.545. The van der Waals surface area contributed by atoms with Gasteiger partial charge in [0.2, 0.25) is 0 Å². The van der Waals surface area contributed by atoms with Crippen LogP contribution in [0.15, 0.2) is 24.7 Å². The zero-order valence-electron chi connectivity index (χ0n) is 8.15. The minimum absolute atomic E-state index is 0.0819. The molecule has 0 bridgehead atoms. The molecule has 2 aromatic rings. The fourth-order valence-electron chi connectivity index (χ4n) is 1.36. The van der Waals surface area contributed by atoms with Crippen LogP contribution in [0.25, 0.3) is 5.52 Å². The molecule has 0 N–H and O–H groups in total. The van der Waals surface area contributed by atoms with Gasteiger partial charge >= 0.3 is 0 Å². The largest absolute Gasteiger partial charge is 0.261 e. The van der Waals surface area contributed by atoms with Crippen LogP contribution in [0, 0.1) is 0 Å². The number of fused-ring (bicyclic) bond motifs is 1. The minimum Gasteiger partial charge on any atom is -0.261 e. The summed E-state index contributed by atoms with van der Waals surface area (Å²) in [5, 5.41) is 4.26. The van der Waals surface area contributed by atoms with Crippen LogP contribution in [-0.4, -0.2) is 14.6 Å². The first kappa shape index (κ1) is 8.23. The van der Waals surface area contributed by atoms with Crippen LogP contribution in [0.1, 0.15) is 26.5 Å². The first-order valence-electron chi connectivity index (χ1n) is 4.37. The molecule has 13 heavy (non-hydrogen) atoms. The van der Waals surface area contributed by atoms with Crippen molar-refractivity contribution in [2.75, 3.05) is 0 Å². The Bertz CT molecular complexity index is 423. The lowest BCUT2D eigenvalue weighted by Crippen LogP contribution is -2.17.